The Kier molecular flexibility index (Phi) is 4.64. The van der Waals surface area contributed by atoms with Crippen LogP contribution in [0.25, 0.3) is 0 Å². The molecule has 1 atom stereocenters. The van der Waals surface area contributed by atoms with Crippen LogP contribution in [0.5, 0.6) is 5.75 Å². The number of methoxy groups -OCH3 is 1. The molecule has 0 aliphatic carbocycles. The zero-order chi connectivity index (χ0) is 20.9. The minimum Gasteiger partial charge on any atom is -0.497 e. The van der Waals surface area contributed by atoms with Crippen molar-refractivity contribution in [2.75, 3.05) is 37.0 Å². The lowest BCUT2D eigenvalue weighted by molar-refractivity contribution is 0.0666. The van der Waals surface area contributed by atoms with Gasteiger partial charge in [0.2, 0.25) is 0 Å². The molecule has 3 aliphatic rings. The van der Waals surface area contributed by atoms with Crippen molar-refractivity contribution >= 4 is 17.3 Å². The van der Waals surface area contributed by atoms with Crippen molar-refractivity contribution in [1.29, 1.82) is 0 Å². The van der Waals surface area contributed by atoms with E-state index in [1.165, 1.54) is 35.3 Å². The molecule has 30 heavy (non-hydrogen) atoms. The molecule has 0 radical (unpaired) electrons. The van der Waals surface area contributed by atoms with Crippen molar-refractivity contribution in [2.24, 2.45) is 0 Å². The summed E-state index contributed by atoms with van der Waals surface area (Å²) in [6.07, 6.45) is 4.39. The molecule has 5 heteroatoms. The maximum absolute atomic E-state index is 13.1. The lowest BCUT2D eigenvalue weighted by Gasteiger charge is -2.53. The van der Waals surface area contributed by atoms with E-state index >= 15 is 0 Å². The van der Waals surface area contributed by atoms with Crippen LogP contribution in [0.2, 0.25) is 0 Å². The Labute approximate surface area is 179 Å². The molecule has 2 saturated heterocycles. The lowest BCUT2D eigenvalue weighted by atomic mass is 9.77. The summed E-state index contributed by atoms with van der Waals surface area (Å²) in [6, 6.07) is 12.9. The molecule has 5 nitrogen and oxygen atoms in total. The number of fused-ring (bicyclic) bond motifs is 4. The molecule has 0 aromatic heterocycles. The standard InChI is InChI=1S/C25H31N3O2/c1-17-6-7-19(15-18(17)2)24(29)27-13-10-25(11-14-27)23-5-4-12-28(23)22-9-8-20(30-3)16-21(22)26-25/h6-9,15-16,23,26H,4-5,10-14H2,1-3H3. The van der Waals surface area contributed by atoms with Gasteiger partial charge in [0, 0.05) is 31.3 Å². The maximum atomic E-state index is 13.1. The highest BCUT2D eigenvalue weighted by Crippen LogP contribution is 2.47. The van der Waals surface area contributed by atoms with Crippen LogP contribution in [-0.4, -0.2) is 49.1 Å². The molecule has 1 spiro atoms. The Bertz CT molecular complexity index is 978. The topological polar surface area (TPSA) is 44.8 Å². The van der Waals surface area contributed by atoms with E-state index in [0.717, 1.165) is 43.8 Å². The van der Waals surface area contributed by atoms with Crippen LogP contribution in [0.1, 0.15) is 47.2 Å². The van der Waals surface area contributed by atoms with E-state index < -0.39 is 0 Å². The number of anilines is 2. The van der Waals surface area contributed by atoms with Crippen molar-refractivity contribution in [2.45, 2.75) is 51.1 Å². The second kappa shape index (κ2) is 7.22. The number of ether oxygens (including phenoxy) is 1. The predicted molar refractivity (Wildman–Crippen MR) is 121 cm³/mol. The molecule has 0 saturated carbocycles. The zero-order valence-electron chi connectivity index (χ0n) is 18.2. The van der Waals surface area contributed by atoms with E-state index in [4.69, 9.17) is 4.74 Å². The first-order chi connectivity index (χ1) is 14.5. The molecule has 2 fully saturated rings. The summed E-state index contributed by atoms with van der Waals surface area (Å²) in [5.41, 5.74) is 5.69. The predicted octanol–water partition coefficient (Wildman–Crippen LogP) is 4.38. The lowest BCUT2D eigenvalue weighted by Crippen LogP contribution is -2.62. The van der Waals surface area contributed by atoms with E-state index in [1.807, 2.05) is 17.0 Å². The largest absolute Gasteiger partial charge is 0.497 e. The quantitative estimate of drug-likeness (QED) is 0.805. The molecule has 3 heterocycles. The first-order valence-electron chi connectivity index (χ1n) is 11.1. The van der Waals surface area contributed by atoms with Gasteiger partial charge in [-0.1, -0.05) is 6.07 Å². The number of hydrogen-bond donors (Lipinski definition) is 1. The Balaban J connectivity index is 1.37. The molecule has 1 unspecified atom stereocenters. The van der Waals surface area contributed by atoms with Gasteiger partial charge < -0.3 is 19.9 Å². The minimum absolute atomic E-state index is 0.0236. The van der Waals surface area contributed by atoms with Crippen LogP contribution < -0.4 is 15.0 Å². The second-order valence-corrected chi connectivity index (χ2v) is 9.11. The number of nitrogens with one attached hydrogen (secondary N) is 1. The SMILES string of the molecule is COc1ccc2c(c1)NC1(CCN(C(=O)c3ccc(C)c(C)c3)CC1)C1CCCN21. The molecule has 2 aromatic carbocycles. The number of aryl methyl sites for hydroxylation is 2. The van der Waals surface area contributed by atoms with E-state index in [1.54, 1.807) is 7.11 Å². The molecule has 2 aromatic rings. The molecule has 3 aliphatic heterocycles. The zero-order valence-corrected chi connectivity index (χ0v) is 18.2. The Hall–Kier alpha value is -2.69. The highest BCUT2D eigenvalue weighted by atomic mass is 16.5. The van der Waals surface area contributed by atoms with Crippen LogP contribution in [0.3, 0.4) is 0 Å². The number of hydrogen-bond acceptors (Lipinski definition) is 4. The third kappa shape index (κ3) is 3.03. The minimum atomic E-state index is 0.0236. The number of carbonyl (C=O) groups excluding carboxylic acids is 1. The van der Waals surface area contributed by atoms with Crippen LogP contribution in [0.4, 0.5) is 11.4 Å². The van der Waals surface area contributed by atoms with Crippen molar-refractivity contribution in [3.8, 4) is 5.75 Å². The highest BCUT2D eigenvalue weighted by Gasteiger charge is 2.50. The summed E-state index contributed by atoms with van der Waals surface area (Å²) < 4.78 is 5.47. The summed E-state index contributed by atoms with van der Waals surface area (Å²) in [5.74, 6) is 1.05. The normalized spacial score (nSPS) is 21.8. The van der Waals surface area contributed by atoms with E-state index in [2.05, 4.69) is 48.3 Å². The smallest absolute Gasteiger partial charge is 0.253 e. The Morgan fingerprint density at radius 2 is 1.87 bits per heavy atom. The number of carbonyl (C=O) groups is 1. The van der Waals surface area contributed by atoms with Crippen LogP contribution in [0.15, 0.2) is 36.4 Å². The van der Waals surface area contributed by atoms with Crippen LogP contribution >= 0.6 is 0 Å². The molecule has 158 valence electrons. The fourth-order valence-electron chi connectivity index (χ4n) is 5.60. The van der Waals surface area contributed by atoms with Crippen molar-refractivity contribution in [3.05, 3.63) is 53.1 Å². The van der Waals surface area contributed by atoms with Gasteiger partial charge in [0.15, 0.2) is 0 Å². The number of likely N-dealkylation sites (tertiary alicyclic amines) is 1. The third-order valence-corrected chi connectivity index (χ3v) is 7.48. The average Bonchev–Trinajstić information content (AvgIpc) is 3.27. The van der Waals surface area contributed by atoms with Gasteiger partial charge in [-0.3, -0.25) is 4.79 Å². The van der Waals surface area contributed by atoms with Crippen molar-refractivity contribution < 1.29 is 9.53 Å². The highest BCUT2D eigenvalue weighted by molar-refractivity contribution is 5.94. The summed E-state index contributed by atoms with van der Waals surface area (Å²) >= 11 is 0. The van der Waals surface area contributed by atoms with Crippen LogP contribution in [-0.2, 0) is 0 Å². The molecule has 1 N–H and O–H groups in total. The van der Waals surface area contributed by atoms with E-state index in [-0.39, 0.29) is 11.4 Å². The number of piperidine rings is 1. The van der Waals surface area contributed by atoms with Gasteiger partial charge in [0.25, 0.3) is 5.91 Å². The monoisotopic (exact) mass is 405 g/mol. The fourth-order valence-corrected chi connectivity index (χ4v) is 5.60. The van der Waals surface area contributed by atoms with Gasteiger partial charge in [0.1, 0.15) is 5.75 Å². The van der Waals surface area contributed by atoms with Gasteiger partial charge in [0.05, 0.1) is 30.1 Å². The second-order valence-electron chi connectivity index (χ2n) is 9.11. The summed E-state index contributed by atoms with van der Waals surface area (Å²) in [7, 11) is 1.72. The Morgan fingerprint density at radius 1 is 1.07 bits per heavy atom. The van der Waals surface area contributed by atoms with E-state index in [0.29, 0.717) is 6.04 Å². The summed E-state index contributed by atoms with van der Waals surface area (Å²) in [5, 5.41) is 3.91. The van der Waals surface area contributed by atoms with Gasteiger partial charge >= 0.3 is 0 Å². The number of amides is 1. The van der Waals surface area contributed by atoms with Crippen molar-refractivity contribution in [1.82, 2.24) is 4.90 Å². The first-order valence-corrected chi connectivity index (χ1v) is 11.1. The number of nitrogens with zero attached hydrogens (tertiary/aromatic N) is 2. The van der Waals surface area contributed by atoms with E-state index in [9.17, 15) is 4.79 Å². The average molecular weight is 406 g/mol. The third-order valence-electron chi connectivity index (χ3n) is 7.48. The molecule has 5 rings (SSSR count). The van der Waals surface area contributed by atoms with Gasteiger partial charge in [-0.2, -0.15) is 0 Å². The molecular weight excluding hydrogens is 374 g/mol. The molecule has 0 bridgehead atoms. The number of rotatable bonds is 2. The maximum Gasteiger partial charge on any atom is 0.253 e. The molecular formula is C25H31N3O2. The van der Waals surface area contributed by atoms with Gasteiger partial charge in [-0.25, -0.2) is 0 Å². The summed E-state index contributed by atoms with van der Waals surface area (Å²) in [6.45, 7) is 6.86. The van der Waals surface area contributed by atoms with Gasteiger partial charge in [-0.05, 0) is 74.9 Å². The fraction of sp³-hybridized carbons (Fsp3) is 0.480. The first kappa shape index (κ1) is 19.3. The molecule has 1 amide bonds. The van der Waals surface area contributed by atoms with Crippen molar-refractivity contribution in [3.63, 3.8) is 0 Å². The summed E-state index contributed by atoms with van der Waals surface area (Å²) in [4.78, 5) is 17.8. The Morgan fingerprint density at radius 3 is 2.60 bits per heavy atom. The van der Waals surface area contributed by atoms with Gasteiger partial charge in [-0.15, -0.1) is 0 Å². The number of benzene rings is 2. The van der Waals surface area contributed by atoms with Crippen LogP contribution in [0, 0.1) is 13.8 Å².